The van der Waals surface area contributed by atoms with E-state index in [1.54, 1.807) is 19.1 Å². The first-order valence-corrected chi connectivity index (χ1v) is 10.5. The van der Waals surface area contributed by atoms with Gasteiger partial charge in [0, 0.05) is 28.9 Å². The third-order valence-electron chi connectivity index (χ3n) is 5.34. The number of rotatable bonds is 3. The molecule has 1 N–H and O–H groups in total. The lowest BCUT2D eigenvalue weighted by Crippen LogP contribution is -2.38. The Kier molecular flexibility index (Phi) is 5.35. The van der Waals surface area contributed by atoms with Gasteiger partial charge < -0.3 is 14.7 Å². The van der Waals surface area contributed by atoms with Gasteiger partial charge in [-0.2, -0.15) is 0 Å². The number of aromatic nitrogens is 1. The Labute approximate surface area is 186 Å². The van der Waals surface area contributed by atoms with Gasteiger partial charge in [0.2, 0.25) is 5.91 Å². The normalized spacial score (nSPS) is 13.3. The van der Waals surface area contributed by atoms with Crippen LogP contribution in [0.25, 0.3) is 11.3 Å². The molecule has 3 aromatic rings. The highest BCUT2D eigenvalue weighted by atomic mass is 35.5. The van der Waals surface area contributed by atoms with E-state index in [-0.39, 0.29) is 11.8 Å². The Morgan fingerprint density at radius 1 is 1.16 bits per heavy atom. The molecule has 7 heteroatoms. The number of amides is 2. The summed E-state index contributed by atoms with van der Waals surface area (Å²) in [5.74, 6) is 0.178. The fraction of sp³-hybridized carbons (Fsp3) is 0.292. The van der Waals surface area contributed by atoms with Crippen molar-refractivity contribution >= 4 is 34.8 Å². The minimum atomic E-state index is -0.449. The number of halogens is 1. The summed E-state index contributed by atoms with van der Waals surface area (Å²) in [7, 11) is 0. The van der Waals surface area contributed by atoms with Gasteiger partial charge in [0.1, 0.15) is 17.0 Å². The Morgan fingerprint density at radius 2 is 1.90 bits per heavy atom. The molecule has 31 heavy (non-hydrogen) atoms. The minimum Gasteiger partial charge on any atom is -0.360 e. The largest absolute Gasteiger partial charge is 0.360 e. The molecule has 0 aliphatic carbocycles. The maximum atomic E-state index is 13.1. The highest BCUT2D eigenvalue weighted by Crippen LogP contribution is 2.35. The van der Waals surface area contributed by atoms with E-state index in [0.29, 0.717) is 39.8 Å². The highest BCUT2D eigenvalue weighted by Gasteiger charge is 2.32. The molecule has 4 rings (SSSR count). The van der Waals surface area contributed by atoms with Crippen LogP contribution < -0.4 is 10.2 Å². The van der Waals surface area contributed by atoms with E-state index in [1.807, 2.05) is 56.0 Å². The van der Waals surface area contributed by atoms with Crippen molar-refractivity contribution in [2.75, 3.05) is 16.8 Å². The van der Waals surface area contributed by atoms with Crippen LogP contribution in [0.1, 0.15) is 42.5 Å². The highest BCUT2D eigenvalue weighted by molar-refractivity contribution is 6.33. The summed E-state index contributed by atoms with van der Waals surface area (Å²) in [4.78, 5) is 27.6. The number of aryl methyl sites for hydroxylation is 1. The molecule has 0 fully saturated rings. The van der Waals surface area contributed by atoms with Crippen LogP contribution >= 0.6 is 11.6 Å². The molecule has 1 aromatic heterocycles. The van der Waals surface area contributed by atoms with E-state index >= 15 is 0 Å². The zero-order valence-corrected chi connectivity index (χ0v) is 18.7. The zero-order valence-electron chi connectivity index (χ0n) is 18.0. The number of fused-ring (bicyclic) bond motifs is 1. The minimum absolute atomic E-state index is 0.0903. The number of nitrogens with one attached hydrogen (secondary N) is 1. The third-order valence-corrected chi connectivity index (χ3v) is 5.67. The van der Waals surface area contributed by atoms with Gasteiger partial charge in [-0.25, -0.2) is 0 Å². The van der Waals surface area contributed by atoms with Gasteiger partial charge in [-0.15, -0.1) is 0 Å². The lowest BCUT2D eigenvalue weighted by atomic mass is 9.94. The lowest BCUT2D eigenvalue weighted by Gasteiger charge is -2.26. The molecule has 1 aliphatic heterocycles. The standard InChI is InChI=1S/C24H24ClN3O3/c1-14-20(21(27-31-14)17-7-5-6-8-18(17)25)22(29)26-16-9-10-19-15(13-16)11-12-28(19)23(30)24(2,3)4/h5-10,13H,11-12H2,1-4H3,(H,26,29). The van der Waals surface area contributed by atoms with Crippen LogP contribution in [-0.2, 0) is 11.2 Å². The van der Waals surface area contributed by atoms with E-state index in [9.17, 15) is 9.59 Å². The van der Waals surface area contributed by atoms with E-state index in [2.05, 4.69) is 10.5 Å². The number of carbonyl (C=O) groups is 2. The molecular formula is C24H24ClN3O3. The average Bonchev–Trinajstić information content (AvgIpc) is 3.30. The van der Waals surface area contributed by atoms with Crippen LogP contribution in [0, 0.1) is 12.3 Å². The SMILES string of the molecule is Cc1onc(-c2ccccc2Cl)c1C(=O)Nc1ccc2c(c1)CCN2C(=O)C(C)(C)C. The first kappa shape index (κ1) is 21.1. The van der Waals surface area contributed by atoms with Crippen molar-refractivity contribution in [2.45, 2.75) is 34.1 Å². The van der Waals surface area contributed by atoms with Crippen LogP contribution in [0.4, 0.5) is 11.4 Å². The third kappa shape index (κ3) is 3.95. The Hall–Kier alpha value is -3.12. The fourth-order valence-corrected chi connectivity index (χ4v) is 3.99. The number of carbonyl (C=O) groups excluding carboxylic acids is 2. The molecule has 0 atom stereocenters. The van der Waals surface area contributed by atoms with E-state index in [0.717, 1.165) is 17.7 Å². The number of nitrogens with zero attached hydrogens (tertiary/aromatic N) is 2. The first-order chi connectivity index (χ1) is 14.7. The summed E-state index contributed by atoms with van der Waals surface area (Å²) >= 11 is 6.29. The van der Waals surface area contributed by atoms with Crippen molar-refractivity contribution in [1.29, 1.82) is 0 Å². The molecule has 0 spiro atoms. The topological polar surface area (TPSA) is 75.4 Å². The maximum Gasteiger partial charge on any atom is 0.261 e. The van der Waals surface area contributed by atoms with Crippen LogP contribution in [0.5, 0.6) is 0 Å². The second kappa shape index (κ2) is 7.85. The molecule has 0 unspecified atom stereocenters. The molecular weight excluding hydrogens is 414 g/mol. The van der Waals surface area contributed by atoms with Crippen molar-refractivity contribution in [3.63, 3.8) is 0 Å². The number of hydrogen-bond acceptors (Lipinski definition) is 4. The summed E-state index contributed by atoms with van der Waals surface area (Å²) in [5.41, 5.74) is 3.52. The fourth-order valence-electron chi connectivity index (χ4n) is 3.77. The molecule has 0 radical (unpaired) electrons. The van der Waals surface area contributed by atoms with E-state index < -0.39 is 5.41 Å². The average molecular weight is 438 g/mol. The van der Waals surface area contributed by atoms with Crippen molar-refractivity contribution in [2.24, 2.45) is 5.41 Å². The Morgan fingerprint density at radius 3 is 2.61 bits per heavy atom. The molecule has 0 bridgehead atoms. The number of benzene rings is 2. The first-order valence-electron chi connectivity index (χ1n) is 10.1. The van der Waals surface area contributed by atoms with Crippen molar-refractivity contribution in [1.82, 2.24) is 5.16 Å². The molecule has 0 saturated heterocycles. The smallest absolute Gasteiger partial charge is 0.261 e. The van der Waals surface area contributed by atoms with Crippen LogP contribution in [-0.4, -0.2) is 23.5 Å². The van der Waals surface area contributed by atoms with Gasteiger partial charge in [0.15, 0.2) is 0 Å². The quantitative estimate of drug-likeness (QED) is 0.587. The van der Waals surface area contributed by atoms with Gasteiger partial charge >= 0.3 is 0 Å². The molecule has 6 nitrogen and oxygen atoms in total. The van der Waals surface area contributed by atoms with Gasteiger partial charge in [0.05, 0.1) is 5.02 Å². The van der Waals surface area contributed by atoms with Crippen LogP contribution in [0.15, 0.2) is 47.0 Å². The number of anilines is 2. The molecule has 2 amide bonds. The maximum absolute atomic E-state index is 13.1. The molecule has 2 aromatic carbocycles. The van der Waals surface area contributed by atoms with E-state index in [1.165, 1.54) is 0 Å². The Balaban J connectivity index is 1.60. The summed E-state index contributed by atoms with van der Waals surface area (Å²) in [6.45, 7) is 8.09. The lowest BCUT2D eigenvalue weighted by molar-refractivity contribution is -0.125. The van der Waals surface area contributed by atoms with E-state index in [4.69, 9.17) is 16.1 Å². The monoisotopic (exact) mass is 437 g/mol. The van der Waals surface area contributed by atoms with Crippen molar-refractivity contribution in [3.05, 3.63) is 64.4 Å². The van der Waals surface area contributed by atoms with Crippen molar-refractivity contribution < 1.29 is 14.1 Å². The second-order valence-corrected chi connectivity index (χ2v) is 9.10. The Bertz CT molecular complexity index is 1180. The molecule has 160 valence electrons. The van der Waals surface area contributed by atoms with Gasteiger partial charge in [-0.05, 0) is 43.2 Å². The zero-order chi connectivity index (χ0) is 22.3. The molecule has 2 heterocycles. The summed E-state index contributed by atoms with van der Waals surface area (Å²) in [6, 6.07) is 12.8. The predicted octanol–water partition coefficient (Wildman–Crippen LogP) is 5.49. The number of hydrogen-bond donors (Lipinski definition) is 1. The summed E-state index contributed by atoms with van der Waals surface area (Å²) in [6.07, 6.45) is 0.748. The summed E-state index contributed by atoms with van der Waals surface area (Å²) in [5, 5.41) is 7.48. The van der Waals surface area contributed by atoms with Gasteiger partial charge in [-0.1, -0.05) is 55.7 Å². The van der Waals surface area contributed by atoms with Gasteiger partial charge in [0.25, 0.3) is 5.91 Å². The van der Waals surface area contributed by atoms with Crippen molar-refractivity contribution in [3.8, 4) is 11.3 Å². The van der Waals surface area contributed by atoms with Gasteiger partial charge in [-0.3, -0.25) is 9.59 Å². The van der Waals surface area contributed by atoms with Crippen LogP contribution in [0.3, 0.4) is 0 Å². The van der Waals surface area contributed by atoms with Crippen LogP contribution in [0.2, 0.25) is 5.02 Å². The predicted molar refractivity (Wildman–Crippen MR) is 122 cm³/mol. The molecule has 1 aliphatic rings. The summed E-state index contributed by atoms with van der Waals surface area (Å²) < 4.78 is 5.30. The molecule has 0 saturated carbocycles. The second-order valence-electron chi connectivity index (χ2n) is 8.70.